The SMILES string of the molecule is COC(=O)[C@H](CS(=O)(=O)O)NCCOc1ccc(CN2C(=O)C(C(=O)Nc3ccc(C(F)(F)F)cc3-c3cc(C(F)(F)F)ncn3)=C(O)C3(CCCC3)N2C)c(F)c1F. The van der Waals surface area contributed by atoms with Crippen LogP contribution in [-0.4, -0.2) is 100 Å². The number of hydrogen-bond acceptors (Lipinski definition) is 12. The van der Waals surface area contributed by atoms with Gasteiger partial charge in [0.1, 0.15) is 41.8 Å². The van der Waals surface area contributed by atoms with Crippen molar-refractivity contribution in [3.8, 4) is 17.0 Å². The van der Waals surface area contributed by atoms with Gasteiger partial charge in [0, 0.05) is 24.7 Å². The minimum atomic E-state index is -5.03. The molecule has 1 fully saturated rings. The Morgan fingerprint density at radius 1 is 1.00 bits per heavy atom. The molecule has 0 radical (unpaired) electrons. The highest BCUT2D eigenvalue weighted by atomic mass is 32.2. The molecule has 1 saturated carbocycles. The summed E-state index contributed by atoms with van der Waals surface area (Å²) in [5, 5.41) is 18.3. The molecule has 2 aliphatic rings. The Hall–Kier alpha value is -5.46. The molecule has 0 bridgehead atoms. The van der Waals surface area contributed by atoms with Crippen molar-refractivity contribution in [2.75, 3.05) is 38.4 Å². The van der Waals surface area contributed by atoms with Crippen LogP contribution in [0.5, 0.6) is 5.75 Å². The van der Waals surface area contributed by atoms with Crippen LogP contribution < -0.4 is 15.4 Å². The van der Waals surface area contributed by atoms with Crippen LogP contribution in [0.2, 0.25) is 0 Å². The number of methoxy groups -OCH3 is 1. The number of ether oxygens (including phenoxy) is 2. The van der Waals surface area contributed by atoms with E-state index < -0.39 is 133 Å². The monoisotopic (exact) mass is 866 g/mol. The number of nitrogens with zero attached hydrogens (tertiary/aromatic N) is 4. The number of carbonyl (C=O) groups excluding carboxylic acids is 3. The van der Waals surface area contributed by atoms with Gasteiger partial charge in [0.25, 0.3) is 21.9 Å². The number of halogens is 8. The normalized spacial score (nSPS) is 16.7. The maximum Gasteiger partial charge on any atom is 0.433 e. The van der Waals surface area contributed by atoms with E-state index in [-0.39, 0.29) is 19.4 Å². The average Bonchev–Trinajstić information content (AvgIpc) is 3.66. The molecule has 5 rings (SSSR count). The fraction of sp³-hybridized carbons (Fsp3) is 0.400. The third-order valence-corrected chi connectivity index (χ3v) is 10.4. The number of rotatable bonds is 13. The maximum atomic E-state index is 15.6. The number of likely N-dealkylation sites (N-methyl/N-ethyl adjacent to an activating group) is 1. The second kappa shape index (κ2) is 17.0. The van der Waals surface area contributed by atoms with E-state index in [0.29, 0.717) is 37.4 Å². The lowest BCUT2D eigenvalue weighted by Gasteiger charge is -2.48. The van der Waals surface area contributed by atoms with E-state index in [0.717, 1.165) is 30.3 Å². The summed E-state index contributed by atoms with van der Waals surface area (Å²) in [4.78, 5) is 46.6. The van der Waals surface area contributed by atoms with Gasteiger partial charge < -0.3 is 25.2 Å². The molecular formula is C35H34F8N6O9S. The summed E-state index contributed by atoms with van der Waals surface area (Å²) in [7, 11) is -2.29. The largest absolute Gasteiger partial charge is 0.509 e. The number of benzene rings is 2. The minimum absolute atomic E-state index is 0.154. The number of nitrogens with one attached hydrogen (secondary N) is 2. The van der Waals surface area contributed by atoms with Crippen LogP contribution in [-0.2, 0) is 48.1 Å². The number of hydrazine groups is 1. The fourth-order valence-electron chi connectivity index (χ4n) is 6.70. The molecule has 1 atom stereocenters. The molecule has 59 heavy (non-hydrogen) atoms. The van der Waals surface area contributed by atoms with Crippen molar-refractivity contribution in [1.29, 1.82) is 0 Å². The smallest absolute Gasteiger partial charge is 0.433 e. The van der Waals surface area contributed by atoms with Crippen molar-refractivity contribution >= 4 is 33.6 Å². The molecule has 320 valence electrons. The predicted molar refractivity (Wildman–Crippen MR) is 187 cm³/mol. The maximum absolute atomic E-state index is 15.6. The quantitative estimate of drug-likeness (QED) is 0.0601. The Morgan fingerprint density at radius 3 is 2.29 bits per heavy atom. The van der Waals surface area contributed by atoms with Gasteiger partial charge in [0.05, 0.1) is 36.1 Å². The molecule has 2 aromatic carbocycles. The van der Waals surface area contributed by atoms with Crippen molar-refractivity contribution in [2.24, 2.45) is 0 Å². The van der Waals surface area contributed by atoms with E-state index in [1.54, 1.807) is 0 Å². The van der Waals surface area contributed by atoms with Crippen molar-refractivity contribution in [1.82, 2.24) is 25.3 Å². The summed E-state index contributed by atoms with van der Waals surface area (Å²) >= 11 is 0. The highest BCUT2D eigenvalue weighted by Gasteiger charge is 2.53. The molecule has 2 amide bonds. The lowest BCUT2D eigenvalue weighted by molar-refractivity contribution is -0.163. The van der Waals surface area contributed by atoms with Gasteiger partial charge in [-0.25, -0.2) is 19.4 Å². The lowest BCUT2D eigenvalue weighted by Crippen LogP contribution is -2.62. The van der Waals surface area contributed by atoms with Crippen LogP contribution >= 0.6 is 0 Å². The first-order valence-electron chi connectivity index (χ1n) is 17.3. The zero-order chi connectivity index (χ0) is 43.7. The van der Waals surface area contributed by atoms with E-state index in [9.17, 15) is 54.3 Å². The number of hydrogen-bond donors (Lipinski definition) is 4. The van der Waals surface area contributed by atoms with E-state index in [2.05, 4.69) is 25.3 Å². The molecular weight excluding hydrogens is 832 g/mol. The Kier molecular flexibility index (Phi) is 12.9. The van der Waals surface area contributed by atoms with Crippen LogP contribution in [0, 0.1) is 11.6 Å². The topological polar surface area (TPSA) is 201 Å². The van der Waals surface area contributed by atoms with Gasteiger partial charge in [0.15, 0.2) is 11.6 Å². The summed E-state index contributed by atoms with van der Waals surface area (Å²) in [5.74, 6) is -9.15. The van der Waals surface area contributed by atoms with Gasteiger partial charge in [-0.1, -0.05) is 18.9 Å². The average molecular weight is 867 g/mol. The second-order valence-electron chi connectivity index (χ2n) is 13.3. The number of anilines is 1. The van der Waals surface area contributed by atoms with Crippen molar-refractivity contribution in [3.05, 3.63) is 82.5 Å². The lowest BCUT2D eigenvalue weighted by atomic mass is 9.88. The van der Waals surface area contributed by atoms with Crippen molar-refractivity contribution < 1.29 is 77.1 Å². The molecule has 1 aromatic heterocycles. The first-order valence-corrected chi connectivity index (χ1v) is 18.9. The second-order valence-corrected chi connectivity index (χ2v) is 14.8. The van der Waals surface area contributed by atoms with Gasteiger partial charge in [-0.2, -0.15) is 39.2 Å². The molecule has 1 aliphatic heterocycles. The van der Waals surface area contributed by atoms with Crippen LogP contribution in [0.3, 0.4) is 0 Å². The van der Waals surface area contributed by atoms with E-state index >= 15 is 8.78 Å². The van der Waals surface area contributed by atoms with E-state index in [4.69, 9.17) is 9.29 Å². The number of aliphatic hydroxyl groups is 1. The van der Waals surface area contributed by atoms with Gasteiger partial charge in [0.2, 0.25) is 5.82 Å². The van der Waals surface area contributed by atoms with Gasteiger partial charge >= 0.3 is 18.3 Å². The van der Waals surface area contributed by atoms with Crippen LogP contribution in [0.15, 0.2) is 54.1 Å². The predicted octanol–water partition coefficient (Wildman–Crippen LogP) is 4.81. The zero-order valence-corrected chi connectivity index (χ0v) is 31.6. The summed E-state index contributed by atoms with van der Waals surface area (Å²) in [6.45, 7) is -1.50. The highest BCUT2D eigenvalue weighted by molar-refractivity contribution is 7.85. The number of aromatic nitrogens is 2. The van der Waals surface area contributed by atoms with Gasteiger partial charge in [-0.15, -0.1) is 0 Å². The van der Waals surface area contributed by atoms with Crippen LogP contribution in [0.25, 0.3) is 11.3 Å². The van der Waals surface area contributed by atoms with Crippen molar-refractivity contribution in [2.45, 2.75) is 56.2 Å². The Bertz CT molecular complexity index is 2270. The number of carbonyl (C=O) groups is 3. The molecule has 0 saturated heterocycles. The molecule has 4 N–H and O–H groups in total. The van der Waals surface area contributed by atoms with E-state index in [1.165, 1.54) is 12.1 Å². The molecule has 2 heterocycles. The molecule has 3 aromatic rings. The van der Waals surface area contributed by atoms with Crippen LogP contribution in [0.4, 0.5) is 40.8 Å². The van der Waals surface area contributed by atoms with E-state index in [1.807, 2.05) is 0 Å². The molecule has 24 heteroatoms. The number of aliphatic hydroxyl groups excluding tert-OH is 1. The summed E-state index contributed by atoms with van der Waals surface area (Å²) in [6, 6.07) is 2.54. The zero-order valence-electron chi connectivity index (χ0n) is 30.7. The minimum Gasteiger partial charge on any atom is -0.509 e. The Balaban J connectivity index is 1.42. The highest BCUT2D eigenvalue weighted by Crippen LogP contribution is 2.45. The summed E-state index contributed by atoms with van der Waals surface area (Å²) in [6.07, 6.45) is -8.30. The molecule has 15 nitrogen and oxygen atoms in total. The third kappa shape index (κ3) is 9.71. The standard InChI is InChI=1S/C35H34F8N6O9S/c1-48-33(9-3-4-10-33)29(50)26(30(51)47-21-7-6-19(34(38,39)40)13-20(21)22-14-25(35(41,42)43)46-17-45-22)31(52)49(48)15-18-5-8-24(28(37)27(18)36)58-12-11-44-23(32(53)57-2)16-59(54,55)56/h5-8,13-14,17,23,44,50H,3-4,9-12,15-16H2,1-2H3,(H,47,51)(H,54,55,56)/t23-/m0/s1. The number of amides is 2. The third-order valence-electron chi connectivity index (χ3n) is 9.65. The fourth-order valence-corrected chi connectivity index (χ4v) is 7.37. The molecule has 1 spiro atoms. The molecule has 0 unspecified atom stereocenters. The summed E-state index contributed by atoms with van der Waals surface area (Å²) < 4.78 is 154. The van der Waals surface area contributed by atoms with Gasteiger partial charge in [-0.3, -0.25) is 23.9 Å². The Labute approximate surface area is 329 Å². The Morgan fingerprint density at radius 2 is 1.68 bits per heavy atom. The molecule has 1 aliphatic carbocycles. The first kappa shape index (κ1) is 44.6. The summed E-state index contributed by atoms with van der Waals surface area (Å²) in [5.41, 5.74) is -7.52. The first-order chi connectivity index (χ1) is 27.5. The van der Waals surface area contributed by atoms with Crippen LogP contribution in [0.1, 0.15) is 42.5 Å². The number of esters is 1. The van der Waals surface area contributed by atoms with Crippen molar-refractivity contribution in [3.63, 3.8) is 0 Å². The number of alkyl halides is 6. The van der Waals surface area contributed by atoms with Gasteiger partial charge in [-0.05, 0) is 43.2 Å².